The van der Waals surface area contributed by atoms with E-state index in [-0.39, 0.29) is 81.0 Å². The van der Waals surface area contributed by atoms with Gasteiger partial charge in [0, 0.05) is 61.5 Å². The number of ketones is 1. The molecule has 31 nitrogen and oxygen atoms in total. The predicted octanol–water partition coefficient (Wildman–Crippen LogP) is 1.62. The number of hydrogen-bond donors (Lipinski definition) is 10. The van der Waals surface area contributed by atoms with Crippen molar-refractivity contribution in [3.63, 3.8) is 0 Å². The Morgan fingerprint density at radius 1 is 0.621 bits per heavy atom. The molecule has 4 saturated heterocycles. The first-order valence-electron chi connectivity index (χ1n) is 35.2. The van der Waals surface area contributed by atoms with Gasteiger partial charge in [0.1, 0.15) is 114 Å². The SMILES string of the molecule is CCC[C@H](OC1C(NC(C)=O)[C@H](O[C@@H]2CC(C(=O)CCCNC(=O)[C@H]3CC(n4cc(-c5cccc(F)c5)nn4)C(O)[C@H](O[C@@H]4OC(CC)[C@H](O)C(n5cc(-c6cccc(F)c6)nn5)[C@H]4O)C3)CC(n3cc(-c4ccccc4)nn3)[C@H]2O[C@@H]2OC(C)[C@@H](O)[C@H](O)C2O)O[C@@H](CO)[C@@H]1O)C(=O)N1CCC1. The van der Waals surface area contributed by atoms with Gasteiger partial charge in [-0.2, -0.15) is 0 Å². The van der Waals surface area contributed by atoms with Gasteiger partial charge in [-0.15, -0.1) is 15.3 Å². The maximum atomic E-state index is 15.1. The Balaban J connectivity index is 0.805. The number of aliphatic hydroxyl groups is 8. The molecule has 24 atom stereocenters. The third kappa shape index (κ3) is 16.8. The molecule has 6 aromatic rings. The molecule has 2 saturated carbocycles. The van der Waals surface area contributed by atoms with E-state index in [1.54, 1.807) is 30.2 Å². The molecule has 3 aromatic heterocycles. The minimum Gasteiger partial charge on any atom is -0.394 e. The summed E-state index contributed by atoms with van der Waals surface area (Å²) in [4.78, 5) is 58.6. The normalized spacial score (nSPS) is 33.6. The summed E-state index contributed by atoms with van der Waals surface area (Å²) in [6.45, 7) is 6.46. The van der Waals surface area contributed by atoms with Gasteiger partial charge < -0.3 is 89.5 Å². The van der Waals surface area contributed by atoms with Gasteiger partial charge in [0.25, 0.3) is 5.91 Å². The Labute approximate surface area is 591 Å². The Hall–Kier alpha value is -7.58. The number of nitrogens with one attached hydrogen (secondary N) is 2. The van der Waals surface area contributed by atoms with Crippen molar-refractivity contribution < 1.29 is 102 Å². The molecule has 6 aliphatic rings. The van der Waals surface area contributed by atoms with Gasteiger partial charge in [0.15, 0.2) is 18.9 Å². The maximum absolute atomic E-state index is 15.1. The van der Waals surface area contributed by atoms with Crippen LogP contribution in [0.1, 0.15) is 110 Å². The predicted molar refractivity (Wildman–Crippen MR) is 354 cm³/mol. The molecule has 0 bridgehead atoms. The number of amides is 3. The highest BCUT2D eigenvalue weighted by molar-refractivity contribution is 5.82. The Bertz CT molecular complexity index is 3840. The molecule has 10 N–H and O–H groups in total. The number of likely N-dealkylation sites (tertiary alicyclic amines) is 1. The number of nitrogens with zero attached hydrogens (tertiary/aromatic N) is 10. The van der Waals surface area contributed by atoms with Crippen molar-refractivity contribution in [3.8, 4) is 33.8 Å². The summed E-state index contributed by atoms with van der Waals surface area (Å²) in [6.07, 6.45) is -20.0. The van der Waals surface area contributed by atoms with Crippen LogP contribution >= 0.6 is 0 Å². The molecule has 0 radical (unpaired) electrons. The third-order valence-electron chi connectivity index (χ3n) is 20.5. The molecule has 0 spiro atoms. The molecular formula is C70H90F2N12O19. The molecule has 4 aliphatic heterocycles. The first-order chi connectivity index (χ1) is 49.6. The van der Waals surface area contributed by atoms with Crippen molar-refractivity contribution in [2.24, 2.45) is 11.8 Å². The summed E-state index contributed by atoms with van der Waals surface area (Å²) in [5.74, 6) is -4.69. The second kappa shape index (κ2) is 33.3. The first kappa shape index (κ1) is 75.1. The van der Waals surface area contributed by atoms with E-state index in [1.165, 1.54) is 76.7 Å². The Kier molecular flexibility index (Phi) is 24.2. The molecule has 33 heteroatoms. The molecule has 12 rings (SSSR count). The second-order valence-electron chi connectivity index (χ2n) is 27.5. The molecule has 7 heterocycles. The van der Waals surface area contributed by atoms with Crippen molar-refractivity contribution in [2.45, 2.75) is 227 Å². The summed E-state index contributed by atoms with van der Waals surface area (Å²) < 4.78 is 78.2. The average molecular weight is 1440 g/mol. The molecule has 558 valence electrons. The highest BCUT2D eigenvalue weighted by Gasteiger charge is 2.55. The van der Waals surface area contributed by atoms with Crippen LogP contribution in [0.15, 0.2) is 97.5 Å². The largest absolute Gasteiger partial charge is 0.394 e. The highest BCUT2D eigenvalue weighted by atomic mass is 19.1. The van der Waals surface area contributed by atoms with Crippen LogP contribution in [-0.2, 0) is 52.3 Å². The van der Waals surface area contributed by atoms with Gasteiger partial charge in [0.05, 0.1) is 61.7 Å². The summed E-state index contributed by atoms with van der Waals surface area (Å²) in [5.41, 5.74) is 2.38. The minimum absolute atomic E-state index is 0.0260. The number of aliphatic hydroxyl groups excluding tert-OH is 8. The van der Waals surface area contributed by atoms with Crippen molar-refractivity contribution in [1.82, 2.24) is 60.5 Å². The lowest BCUT2D eigenvalue weighted by molar-refractivity contribution is -0.337. The van der Waals surface area contributed by atoms with E-state index in [9.17, 15) is 64.0 Å². The summed E-state index contributed by atoms with van der Waals surface area (Å²) >= 11 is 0. The second-order valence-corrected chi connectivity index (χ2v) is 27.5. The van der Waals surface area contributed by atoms with Crippen LogP contribution in [0.5, 0.6) is 0 Å². The fourth-order valence-corrected chi connectivity index (χ4v) is 14.7. The van der Waals surface area contributed by atoms with Crippen molar-refractivity contribution >= 4 is 23.5 Å². The lowest BCUT2D eigenvalue weighted by atomic mass is 9.78. The van der Waals surface area contributed by atoms with Gasteiger partial charge in [-0.25, -0.2) is 22.8 Å². The number of halogens is 2. The summed E-state index contributed by atoms with van der Waals surface area (Å²) in [7, 11) is 0. The monoisotopic (exact) mass is 1440 g/mol. The van der Waals surface area contributed by atoms with Crippen LogP contribution in [0.25, 0.3) is 33.8 Å². The molecular weight excluding hydrogens is 1350 g/mol. The lowest BCUT2D eigenvalue weighted by Gasteiger charge is -2.49. The van der Waals surface area contributed by atoms with Crippen molar-refractivity contribution in [2.75, 3.05) is 26.2 Å². The number of carbonyl (C=O) groups excluding carboxylic acids is 4. The molecule has 6 fully saturated rings. The molecule has 10 unspecified atom stereocenters. The van der Waals surface area contributed by atoms with Crippen LogP contribution in [0, 0.1) is 23.5 Å². The third-order valence-corrected chi connectivity index (χ3v) is 20.5. The molecule has 2 aliphatic carbocycles. The zero-order chi connectivity index (χ0) is 72.9. The summed E-state index contributed by atoms with van der Waals surface area (Å²) in [6, 6.07) is 15.7. The molecule has 103 heavy (non-hydrogen) atoms. The number of carbonyl (C=O) groups is 4. The van der Waals surface area contributed by atoms with Gasteiger partial charge in [-0.05, 0) is 82.6 Å². The van der Waals surface area contributed by atoms with Crippen molar-refractivity contribution in [3.05, 3.63) is 109 Å². The van der Waals surface area contributed by atoms with Gasteiger partial charge in [0.2, 0.25) is 11.8 Å². The number of Topliss-reactive ketones (excluding diaryl/α,β-unsaturated/α-hetero) is 1. The van der Waals surface area contributed by atoms with E-state index >= 15 is 4.79 Å². The van der Waals surface area contributed by atoms with E-state index in [4.69, 9.17) is 33.2 Å². The van der Waals surface area contributed by atoms with Gasteiger partial charge in [-0.3, -0.25) is 19.2 Å². The van der Waals surface area contributed by atoms with Crippen LogP contribution in [0.2, 0.25) is 0 Å². The molecule has 3 aromatic carbocycles. The van der Waals surface area contributed by atoms with E-state index in [0.717, 1.165) is 6.42 Å². The number of rotatable bonds is 26. The number of hydrogen-bond acceptors (Lipinski definition) is 25. The van der Waals surface area contributed by atoms with E-state index in [2.05, 4.69) is 41.6 Å². The zero-order valence-electron chi connectivity index (χ0n) is 57.3. The average Bonchev–Trinajstić information content (AvgIpc) is 1.76. The standard InChI is InChI=1S/C70H90F2N12O19/c1-5-14-51(67(96)81-23-13-24-81)98-65-55(74-36(4)86)68(102-54(34-85)60(65)91)101-53-29-40(27-48(83-31-44(75-79-83)37-15-8-7-9-16-37)64(53)103-70-63(94)62(93)57(88)35(3)97-70)49(87)21-12-22-73-66(95)41-28-47(82-32-45(76-78-82)38-17-10-19-42(71)25-38)58(89)52(30-41)100-69-61(92)56(59(90)50(6-2)99-69)84-33-46(77-80-84)39-18-11-20-43(72)26-39/h7-11,15-20,25-26,31-33,35,40-41,47-48,50-65,68-70,85,88-94H,5-6,12-14,21-24,27-30,34H2,1-4H3,(H,73,95)(H,74,86)/t35?,40?,41-,47?,48?,50?,51-,52+,53+,54-,55?,56?,57+,58?,59-,60-,61+,62-,63?,64+,65?,68+,69-,70-/m0/s1. The maximum Gasteiger partial charge on any atom is 0.251 e. The zero-order valence-corrected chi connectivity index (χ0v) is 57.3. The van der Waals surface area contributed by atoms with E-state index in [0.29, 0.717) is 41.9 Å². The smallest absolute Gasteiger partial charge is 0.251 e. The Morgan fingerprint density at radius 3 is 1.83 bits per heavy atom. The van der Waals surface area contributed by atoms with Crippen LogP contribution < -0.4 is 10.6 Å². The van der Waals surface area contributed by atoms with E-state index in [1.807, 2.05) is 37.3 Å². The Morgan fingerprint density at radius 2 is 1.21 bits per heavy atom. The quantitative estimate of drug-likeness (QED) is 0.0345. The minimum atomic E-state index is -1.83. The fourth-order valence-electron chi connectivity index (χ4n) is 14.7. The van der Waals surface area contributed by atoms with Gasteiger partial charge >= 0.3 is 0 Å². The highest BCUT2D eigenvalue weighted by Crippen LogP contribution is 2.44. The van der Waals surface area contributed by atoms with Crippen molar-refractivity contribution in [1.29, 1.82) is 0 Å². The van der Waals surface area contributed by atoms with Gasteiger partial charge in [-0.1, -0.05) is 90.5 Å². The van der Waals surface area contributed by atoms with E-state index < -0.39 is 176 Å². The molecule has 3 amide bonds. The van der Waals surface area contributed by atoms with Crippen LogP contribution in [0.4, 0.5) is 8.78 Å². The number of benzene rings is 3. The first-order valence-corrected chi connectivity index (χ1v) is 35.2. The van der Waals surface area contributed by atoms with Crippen LogP contribution in [0.3, 0.4) is 0 Å². The lowest BCUT2D eigenvalue weighted by Crippen LogP contribution is -2.67. The fraction of sp³-hybridized carbons (Fsp3) is 0.600. The number of ether oxygens (including phenoxy) is 7. The van der Waals surface area contributed by atoms with Crippen LogP contribution in [-0.4, -0.2) is 257 Å². The summed E-state index contributed by atoms with van der Waals surface area (Å²) in [5, 5.41) is 124. The number of aromatic nitrogens is 9. The topological polar surface area (TPSA) is 414 Å².